The average Bonchev–Trinajstić information content (AvgIpc) is 3.12. The highest BCUT2D eigenvalue weighted by Gasteiger charge is 2.28. The van der Waals surface area contributed by atoms with E-state index in [0.29, 0.717) is 0 Å². The summed E-state index contributed by atoms with van der Waals surface area (Å²) in [6.45, 7) is 21.4. The van der Waals surface area contributed by atoms with Crippen molar-refractivity contribution in [3.8, 4) is 0 Å². The number of benzene rings is 1. The van der Waals surface area contributed by atoms with Crippen LogP contribution in [0.3, 0.4) is 0 Å². The van der Waals surface area contributed by atoms with E-state index in [-0.39, 0.29) is 5.92 Å². The van der Waals surface area contributed by atoms with Crippen LogP contribution in [0.15, 0.2) is 54.3 Å². The van der Waals surface area contributed by atoms with Crippen LogP contribution in [0, 0.1) is 19.8 Å². The molecular formula is C30H43NO. The zero-order valence-electron chi connectivity index (χ0n) is 21.5. The van der Waals surface area contributed by atoms with Crippen molar-refractivity contribution >= 4 is 5.57 Å². The van der Waals surface area contributed by atoms with Crippen LogP contribution in [0.4, 0.5) is 0 Å². The molecule has 1 heterocycles. The van der Waals surface area contributed by atoms with Gasteiger partial charge in [0.25, 0.3) is 0 Å². The van der Waals surface area contributed by atoms with Gasteiger partial charge in [-0.2, -0.15) is 0 Å². The Bertz CT molecular complexity index is 973. The SMILES string of the molecule is C=C(C)/C(=C(/c1cccc(C)c1)c1c(C)[nH]c2c1CCCC2)C(CCC)C(=C)OC.CC. The van der Waals surface area contributed by atoms with Gasteiger partial charge in [-0.3, -0.25) is 0 Å². The lowest BCUT2D eigenvalue weighted by molar-refractivity contribution is 0.251. The molecule has 0 fully saturated rings. The normalized spacial score (nSPS) is 14.5. The third kappa shape index (κ3) is 5.46. The predicted molar refractivity (Wildman–Crippen MR) is 140 cm³/mol. The Morgan fingerprint density at radius 3 is 2.41 bits per heavy atom. The van der Waals surface area contributed by atoms with Crippen LogP contribution < -0.4 is 0 Å². The van der Waals surface area contributed by atoms with Crippen LogP contribution in [0.2, 0.25) is 0 Å². The Balaban J connectivity index is 0.00000176. The molecule has 1 N–H and O–H groups in total. The fourth-order valence-corrected chi connectivity index (χ4v) is 4.99. The average molecular weight is 434 g/mol. The highest BCUT2D eigenvalue weighted by Crippen LogP contribution is 2.43. The molecule has 1 aromatic carbocycles. The first-order chi connectivity index (χ1) is 15.4. The summed E-state index contributed by atoms with van der Waals surface area (Å²) >= 11 is 0. The van der Waals surface area contributed by atoms with E-state index in [1.54, 1.807) is 7.11 Å². The number of hydrogen-bond acceptors (Lipinski definition) is 1. The fourth-order valence-electron chi connectivity index (χ4n) is 4.99. The van der Waals surface area contributed by atoms with Gasteiger partial charge in [0.1, 0.15) is 0 Å². The van der Waals surface area contributed by atoms with Gasteiger partial charge in [0, 0.05) is 22.9 Å². The molecule has 174 valence electrons. The summed E-state index contributed by atoms with van der Waals surface area (Å²) in [5.41, 5.74) is 11.7. The molecule has 1 aliphatic carbocycles. The van der Waals surface area contributed by atoms with E-state index in [0.717, 1.165) is 37.0 Å². The highest BCUT2D eigenvalue weighted by molar-refractivity contribution is 5.88. The number of rotatable bonds is 8. The molecule has 1 unspecified atom stereocenters. The molecule has 1 atom stereocenters. The van der Waals surface area contributed by atoms with Crippen LogP contribution in [0.25, 0.3) is 5.57 Å². The van der Waals surface area contributed by atoms with Crippen molar-refractivity contribution in [1.82, 2.24) is 4.98 Å². The predicted octanol–water partition coefficient (Wildman–Crippen LogP) is 8.49. The molecule has 2 heteroatoms. The second-order valence-corrected chi connectivity index (χ2v) is 8.74. The number of ether oxygens (including phenoxy) is 1. The van der Waals surface area contributed by atoms with Crippen LogP contribution in [-0.4, -0.2) is 12.1 Å². The summed E-state index contributed by atoms with van der Waals surface area (Å²) in [5, 5.41) is 0. The first-order valence-corrected chi connectivity index (χ1v) is 12.3. The topological polar surface area (TPSA) is 25.0 Å². The van der Waals surface area contributed by atoms with E-state index in [1.807, 2.05) is 13.8 Å². The first kappa shape index (κ1) is 25.8. The smallest absolute Gasteiger partial charge is 0.0958 e. The van der Waals surface area contributed by atoms with Crippen LogP contribution in [0.5, 0.6) is 0 Å². The standard InChI is InChI=1S/C28H37NO.C2H6/c1-8-12-23(21(6)30-7)26(18(2)3)28(22-14-11-13-19(4)17-22)27-20(5)29-25-16-10-9-15-24(25)27;1-2/h11,13-14,17,23,29H,2,6,8-10,12,15-16H2,1,3-5,7H3;1-2H3/b28-26+;. The first-order valence-electron chi connectivity index (χ1n) is 12.3. The Hall–Kier alpha value is -2.48. The number of H-pyrrole nitrogens is 1. The summed E-state index contributed by atoms with van der Waals surface area (Å²) in [4.78, 5) is 3.72. The number of methoxy groups -OCH3 is 1. The lowest BCUT2D eigenvalue weighted by atomic mass is 9.78. The summed E-state index contributed by atoms with van der Waals surface area (Å²) in [6.07, 6.45) is 6.86. The van der Waals surface area contributed by atoms with Gasteiger partial charge in [0.05, 0.1) is 12.9 Å². The Morgan fingerprint density at radius 2 is 1.81 bits per heavy atom. The minimum absolute atomic E-state index is 0.126. The summed E-state index contributed by atoms with van der Waals surface area (Å²) < 4.78 is 5.69. The Morgan fingerprint density at radius 1 is 1.12 bits per heavy atom. The molecular weight excluding hydrogens is 390 g/mol. The number of nitrogens with one attached hydrogen (secondary N) is 1. The van der Waals surface area contributed by atoms with Gasteiger partial charge in [-0.25, -0.2) is 0 Å². The van der Waals surface area contributed by atoms with Gasteiger partial charge >= 0.3 is 0 Å². The number of hydrogen-bond donors (Lipinski definition) is 1. The molecule has 0 amide bonds. The molecule has 1 aliphatic rings. The van der Waals surface area contributed by atoms with Crippen molar-refractivity contribution in [3.05, 3.63) is 88.0 Å². The molecule has 2 nitrogen and oxygen atoms in total. The third-order valence-corrected chi connectivity index (χ3v) is 6.35. The second kappa shape index (κ2) is 11.9. The zero-order valence-corrected chi connectivity index (χ0v) is 21.5. The van der Waals surface area contributed by atoms with Gasteiger partial charge in [0.2, 0.25) is 0 Å². The monoisotopic (exact) mass is 433 g/mol. The summed E-state index contributed by atoms with van der Waals surface area (Å²) in [6, 6.07) is 8.87. The molecule has 0 radical (unpaired) electrons. The number of aromatic nitrogens is 1. The maximum Gasteiger partial charge on any atom is 0.0958 e. The second-order valence-electron chi connectivity index (χ2n) is 8.74. The molecule has 0 spiro atoms. The van der Waals surface area contributed by atoms with Gasteiger partial charge in [-0.15, -0.1) is 0 Å². The van der Waals surface area contributed by atoms with Gasteiger partial charge in [-0.1, -0.05) is 75.8 Å². The van der Waals surface area contributed by atoms with Crippen LogP contribution in [0.1, 0.15) is 87.0 Å². The van der Waals surface area contributed by atoms with Crippen molar-refractivity contribution in [2.24, 2.45) is 5.92 Å². The maximum absolute atomic E-state index is 5.69. The van der Waals surface area contributed by atoms with E-state index >= 15 is 0 Å². The van der Waals surface area contributed by atoms with E-state index in [4.69, 9.17) is 4.74 Å². The van der Waals surface area contributed by atoms with Gasteiger partial charge in [0.15, 0.2) is 0 Å². The van der Waals surface area contributed by atoms with Crippen molar-refractivity contribution in [3.63, 3.8) is 0 Å². The highest BCUT2D eigenvalue weighted by atomic mass is 16.5. The van der Waals surface area contributed by atoms with Crippen molar-refractivity contribution in [2.45, 2.75) is 80.1 Å². The van der Waals surface area contributed by atoms with Crippen LogP contribution >= 0.6 is 0 Å². The summed E-state index contributed by atoms with van der Waals surface area (Å²) in [5.74, 6) is 0.948. The number of allylic oxidation sites excluding steroid dienone is 2. The third-order valence-electron chi connectivity index (χ3n) is 6.35. The molecule has 2 aromatic rings. The lowest BCUT2D eigenvalue weighted by Gasteiger charge is -2.27. The van der Waals surface area contributed by atoms with Crippen molar-refractivity contribution in [1.29, 1.82) is 0 Å². The van der Waals surface area contributed by atoms with E-state index < -0.39 is 0 Å². The zero-order chi connectivity index (χ0) is 23.8. The number of aromatic amines is 1. The van der Waals surface area contributed by atoms with Gasteiger partial charge < -0.3 is 9.72 Å². The fraction of sp³-hybridized carbons (Fsp3) is 0.467. The van der Waals surface area contributed by atoms with E-state index in [1.165, 1.54) is 57.6 Å². The van der Waals surface area contributed by atoms with E-state index in [9.17, 15) is 0 Å². The number of fused-ring (bicyclic) bond motifs is 1. The summed E-state index contributed by atoms with van der Waals surface area (Å²) in [7, 11) is 1.73. The largest absolute Gasteiger partial charge is 0.501 e. The molecule has 32 heavy (non-hydrogen) atoms. The lowest BCUT2D eigenvalue weighted by Crippen LogP contribution is -2.13. The minimum atomic E-state index is 0.126. The maximum atomic E-state index is 5.69. The quantitative estimate of drug-likeness (QED) is 0.327. The minimum Gasteiger partial charge on any atom is -0.501 e. The molecule has 0 saturated heterocycles. The van der Waals surface area contributed by atoms with E-state index in [2.05, 4.69) is 70.1 Å². The Kier molecular flexibility index (Phi) is 9.62. The van der Waals surface area contributed by atoms with Crippen molar-refractivity contribution in [2.75, 3.05) is 7.11 Å². The van der Waals surface area contributed by atoms with Crippen LogP contribution in [-0.2, 0) is 17.6 Å². The molecule has 0 saturated carbocycles. The number of aryl methyl sites for hydroxylation is 3. The molecule has 1 aromatic heterocycles. The van der Waals surface area contributed by atoms with Gasteiger partial charge in [-0.05, 0) is 75.1 Å². The molecule has 0 aliphatic heterocycles. The molecule has 0 bridgehead atoms. The molecule has 3 rings (SSSR count). The van der Waals surface area contributed by atoms with Crippen molar-refractivity contribution < 1.29 is 4.74 Å². The Labute approximate surface area is 196 Å².